The standard InChI is InChI=1S/C14H14ClNO3S/c1-19-9-11-5-8-13(15)16-14(11)10-3-6-12(7-4-10)20(2,17)18/h3-8H,9H2,1-2H3. The molecule has 0 unspecified atom stereocenters. The number of aromatic nitrogens is 1. The lowest BCUT2D eigenvalue weighted by molar-refractivity contribution is 0.185. The van der Waals surface area contributed by atoms with Crippen molar-refractivity contribution in [2.75, 3.05) is 13.4 Å². The number of rotatable bonds is 4. The summed E-state index contributed by atoms with van der Waals surface area (Å²) >= 11 is 5.92. The molecule has 20 heavy (non-hydrogen) atoms. The molecule has 0 N–H and O–H groups in total. The van der Waals surface area contributed by atoms with Crippen LogP contribution in [0.15, 0.2) is 41.3 Å². The molecule has 0 aliphatic rings. The fraction of sp³-hybridized carbons (Fsp3) is 0.214. The van der Waals surface area contributed by atoms with E-state index in [2.05, 4.69) is 4.98 Å². The van der Waals surface area contributed by atoms with Crippen LogP contribution in [0.3, 0.4) is 0 Å². The predicted octanol–water partition coefficient (Wildman–Crippen LogP) is 2.95. The van der Waals surface area contributed by atoms with E-state index < -0.39 is 9.84 Å². The minimum atomic E-state index is -3.20. The van der Waals surface area contributed by atoms with Gasteiger partial charge in [-0.1, -0.05) is 29.8 Å². The van der Waals surface area contributed by atoms with E-state index in [9.17, 15) is 8.42 Å². The van der Waals surface area contributed by atoms with Crippen LogP contribution in [0, 0.1) is 0 Å². The Hall–Kier alpha value is -1.43. The first-order valence-electron chi connectivity index (χ1n) is 5.86. The molecule has 106 valence electrons. The fourth-order valence-electron chi connectivity index (χ4n) is 1.85. The van der Waals surface area contributed by atoms with Crippen molar-refractivity contribution in [3.05, 3.63) is 47.1 Å². The van der Waals surface area contributed by atoms with E-state index in [4.69, 9.17) is 16.3 Å². The van der Waals surface area contributed by atoms with Crippen LogP contribution in [0.5, 0.6) is 0 Å². The quantitative estimate of drug-likeness (QED) is 0.815. The van der Waals surface area contributed by atoms with Gasteiger partial charge in [-0.25, -0.2) is 13.4 Å². The summed E-state index contributed by atoms with van der Waals surface area (Å²) in [5.41, 5.74) is 2.38. The molecule has 0 aliphatic heterocycles. The van der Waals surface area contributed by atoms with Gasteiger partial charge in [0.15, 0.2) is 9.84 Å². The lowest BCUT2D eigenvalue weighted by atomic mass is 10.1. The van der Waals surface area contributed by atoms with Crippen LogP contribution in [-0.2, 0) is 21.2 Å². The van der Waals surface area contributed by atoms with Crippen molar-refractivity contribution in [1.29, 1.82) is 0 Å². The maximum absolute atomic E-state index is 11.4. The average molecular weight is 312 g/mol. The van der Waals surface area contributed by atoms with Gasteiger partial charge in [-0.15, -0.1) is 0 Å². The van der Waals surface area contributed by atoms with Crippen LogP contribution in [0.4, 0.5) is 0 Å². The van der Waals surface area contributed by atoms with Crippen LogP contribution >= 0.6 is 11.6 Å². The Labute approximate surface area is 123 Å². The minimum Gasteiger partial charge on any atom is -0.380 e. The summed E-state index contributed by atoms with van der Waals surface area (Å²) in [4.78, 5) is 4.56. The van der Waals surface area contributed by atoms with Crippen molar-refractivity contribution < 1.29 is 13.2 Å². The number of methoxy groups -OCH3 is 1. The summed E-state index contributed by atoms with van der Waals surface area (Å²) in [5, 5.41) is 0.382. The molecule has 0 amide bonds. The highest BCUT2D eigenvalue weighted by Gasteiger charge is 2.11. The molecular formula is C14H14ClNO3S. The number of hydrogen-bond acceptors (Lipinski definition) is 4. The van der Waals surface area contributed by atoms with Crippen LogP contribution in [0.2, 0.25) is 5.15 Å². The van der Waals surface area contributed by atoms with Crippen molar-refractivity contribution in [2.24, 2.45) is 0 Å². The molecule has 1 heterocycles. The zero-order valence-corrected chi connectivity index (χ0v) is 12.7. The Bertz CT molecular complexity index is 712. The van der Waals surface area contributed by atoms with Crippen molar-refractivity contribution in [1.82, 2.24) is 4.98 Å². The molecule has 0 saturated carbocycles. The third-order valence-electron chi connectivity index (χ3n) is 2.80. The molecule has 2 aromatic rings. The molecule has 0 fully saturated rings. The van der Waals surface area contributed by atoms with Gasteiger partial charge in [-0.05, 0) is 18.2 Å². The third-order valence-corrected chi connectivity index (χ3v) is 4.14. The molecule has 0 saturated heterocycles. The summed E-state index contributed by atoms with van der Waals surface area (Å²) in [6.07, 6.45) is 1.18. The summed E-state index contributed by atoms with van der Waals surface area (Å²) in [6.45, 7) is 0.410. The highest BCUT2D eigenvalue weighted by Crippen LogP contribution is 2.25. The number of benzene rings is 1. The Morgan fingerprint density at radius 2 is 1.80 bits per heavy atom. The first-order chi connectivity index (χ1) is 9.41. The van der Waals surface area contributed by atoms with E-state index in [1.807, 2.05) is 6.07 Å². The van der Waals surface area contributed by atoms with E-state index in [0.29, 0.717) is 17.5 Å². The van der Waals surface area contributed by atoms with Gasteiger partial charge in [0.1, 0.15) is 5.15 Å². The molecule has 1 aromatic heterocycles. The van der Waals surface area contributed by atoms with Gasteiger partial charge in [0, 0.05) is 24.5 Å². The number of ether oxygens (including phenoxy) is 1. The summed E-state index contributed by atoms with van der Waals surface area (Å²) in [7, 11) is -1.60. The maximum atomic E-state index is 11.4. The third kappa shape index (κ3) is 3.36. The summed E-state index contributed by atoms with van der Waals surface area (Å²) in [5.74, 6) is 0. The van der Waals surface area contributed by atoms with E-state index in [0.717, 1.165) is 11.1 Å². The Balaban J connectivity index is 2.48. The molecule has 2 rings (SSSR count). The minimum absolute atomic E-state index is 0.275. The van der Waals surface area contributed by atoms with Gasteiger partial charge in [0.25, 0.3) is 0 Å². The molecule has 0 spiro atoms. The van der Waals surface area contributed by atoms with Crippen molar-refractivity contribution in [2.45, 2.75) is 11.5 Å². The molecule has 0 radical (unpaired) electrons. The second kappa shape index (κ2) is 5.91. The second-order valence-corrected chi connectivity index (χ2v) is 6.77. The first kappa shape index (κ1) is 15.0. The molecule has 0 atom stereocenters. The van der Waals surface area contributed by atoms with E-state index in [1.165, 1.54) is 6.26 Å². The lowest BCUT2D eigenvalue weighted by Crippen LogP contribution is -1.98. The Morgan fingerprint density at radius 1 is 1.15 bits per heavy atom. The smallest absolute Gasteiger partial charge is 0.175 e. The molecule has 1 aromatic carbocycles. The van der Waals surface area contributed by atoms with Gasteiger partial charge in [-0.3, -0.25) is 0 Å². The number of hydrogen-bond donors (Lipinski definition) is 0. The topological polar surface area (TPSA) is 56.3 Å². The number of halogens is 1. The lowest BCUT2D eigenvalue weighted by Gasteiger charge is -2.09. The highest BCUT2D eigenvalue weighted by molar-refractivity contribution is 7.90. The Morgan fingerprint density at radius 3 is 2.35 bits per heavy atom. The highest BCUT2D eigenvalue weighted by atomic mass is 35.5. The predicted molar refractivity (Wildman–Crippen MR) is 78.5 cm³/mol. The summed E-state index contributed by atoms with van der Waals surface area (Å²) in [6, 6.07) is 10.1. The fourth-order valence-corrected chi connectivity index (χ4v) is 2.62. The van der Waals surface area contributed by atoms with Crippen LogP contribution in [0.25, 0.3) is 11.3 Å². The number of sulfone groups is 1. The van der Waals surface area contributed by atoms with Gasteiger partial charge in [-0.2, -0.15) is 0 Å². The van der Waals surface area contributed by atoms with Crippen molar-refractivity contribution in [3.8, 4) is 11.3 Å². The molecular weight excluding hydrogens is 298 g/mol. The maximum Gasteiger partial charge on any atom is 0.175 e. The van der Waals surface area contributed by atoms with Gasteiger partial charge < -0.3 is 4.74 Å². The number of nitrogens with zero attached hydrogens (tertiary/aromatic N) is 1. The van der Waals surface area contributed by atoms with Crippen molar-refractivity contribution in [3.63, 3.8) is 0 Å². The summed E-state index contributed by atoms with van der Waals surface area (Å²) < 4.78 is 28.0. The Kier molecular flexibility index (Phi) is 4.42. The molecule has 4 nitrogen and oxygen atoms in total. The normalized spacial score (nSPS) is 11.6. The van der Waals surface area contributed by atoms with Gasteiger partial charge in [0.2, 0.25) is 0 Å². The molecule has 0 bridgehead atoms. The molecule has 0 aliphatic carbocycles. The number of pyridine rings is 1. The van der Waals surface area contributed by atoms with E-state index in [-0.39, 0.29) is 4.90 Å². The first-order valence-corrected chi connectivity index (χ1v) is 8.13. The van der Waals surface area contributed by atoms with Gasteiger partial charge in [0.05, 0.1) is 17.2 Å². The zero-order valence-electron chi connectivity index (χ0n) is 11.1. The van der Waals surface area contributed by atoms with Crippen LogP contribution < -0.4 is 0 Å². The zero-order chi connectivity index (χ0) is 14.8. The SMILES string of the molecule is COCc1ccc(Cl)nc1-c1ccc(S(C)(=O)=O)cc1. The van der Waals surface area contributed by atoms with E-state index >= 15 is 0 Å². The second-order valence-electron chi connectivity index (χ2n) is 4.37. The van der Waals surface area contributed by atoms with E-state index in [1.54, 1.807) is 37.4 Å². The van der Waals surface area contributed by atoms with Crippen LogP contribution in [-0.4, -0.2) is 26.8 Å². The monoisotopic (exact) mass is 311 g/mol. The largest absolute Gasteiger partial charge is 0.380 e. The molecule has 6 heteroatoms. The van der Waals surface area contributed by atoms with Crippen molar-refractivity contribution >= 4 is 21.4 Å². The van der Waals surface area contributed by atoms with Gasteiger partial charge >= 0.3 is 0 Å². The average Bonchev–Trinajstić information content (AvgIpc) is 2.40. The van der Waals surface area contributed by atoms with Crippen LogP contribution in [0.1, 0.15) is 5.56 Å².